The Balaban J connectivity index is 3.32. The van der Waals surface area contributed by atoms with Crippen molar-refractivity contribution in [3.63, 3.8) is 0 Å². The Kier molecular flexibility index (Phi) is 3.62. The van der Waals surface area contributed by atoms with Crippen LogP contribution in [0.3, 0.4) is 0 Å². The average Bonchev–Trinajstić information content (AvgIpc) is 2.50. The quantitative estimate of drug-likeness (QED) is 0.633. The molecule has 15 heavy (non-hydrogen) atoms. The molecule has 1 rings (SSSR count). The minimum atomic E-state index is -0.0511. The lowest BCUT2D eigenvalue weighted by Crippen LogP contribution is -1.91. The van der Waals surface area contributed by atoms with Crippen LogP contribution in [-0.4, -0.2) is 9.67 Å². The van der Waals surface area contributed by atoms with Crippen LogP contribution in [0.5, 0.6) is 5.88 Å². The number of thiazole rings is 1. The minimum absolute atomic E-state index is 0.00972. The van der Waals surface area contributed by atoms with Crippen LogP contribution in [0, 0.1) is 26.6 Å². The molecule has 0 bridgehead atoms. The summed E-state index contributed by atoms with van der Waals surface area (Å²) in [4.78, 5) is 0.444. The van der Waals surface area contributed by atoms with Gasteiger partial charge in [-0.25, -0.2) is 0 Å². The highest BCUT2D eigenvalue weighted by atomic mass is 32.1. The molecule has 6 heteroatoms. The zero-order valence-corrected chi connectivity index (χ0v) is 9.52. The Morgan fingerprint density at radius 3 is 2.60 bits per heavy atom. The standard InChI is InChI=1S/C9H7N3OS2/c1-2-12-8(13)7(15-9(12)14)3-6(4-10)5-11/h3,13H,2H2,1H3. The van der Waals surface area contributed by atoms with Gasteiger partial charge in [-0.2, -0.15) is 10.5 Å². The highest BCUT2D eigenvalue weighted by Gasteiger charge is 2.09. The van der Waals surface area contributed by atoms with Gasteiger partial charge >= 0.3 is 0 Å². The van der Waals surface area contributed by atoms with E-state index in [9.17, 15) is 5.11 Å². The van der Waals surface area contributed by atoms with Crippen molar-refractivity contribution in [2.45, 2.75) is 13.5 Å². The summed E-state index contributed by atoms with van der Waals surface area (Å²) in [6.07, 6.45) is 1.34. The maximum atomic E-state index is 9.69. The van der Waals surface area contributed by atoms with Gasteiger partial charge in [0.05, 0.1) is 4.88 Å². The second kappa shape index (κ2) is 4.74. The van der Waals surface area contributed by atoms with Crippen molar-refractivity contribution < 1.29 is 5.11 Å². The summed E-state index contributed by atoms with van der Waals surface area (Å²) in [5, 5.41) is 26.8. The molecule has 0 amide bonds. The molecule has 0 aliphatic carbocycles. The summed E-state index contributed by atoms with van der Waals surface area (Å²) in [5.74, 6) is 0.00972. The zero-order valence-electron chi connectivity index (χ0n) is 7.89. The van der Waals surface area contributed by atoms with E-state index in [2.05, 4.69) is 0 Å². The summed E-state index contributed by atoms with van der Waals surface area (Å²) in [5.41, 5.74) is -0.0511. The lowest BCUT2D eigenvalue weighted by molar-refractivity contribution is 0.419. The van der Waals surface area contributed by atoms with Gasteiger partial charge in [0.1, 0.15) is 17.7 Å². The van der Waals surface area contributed by atoms with Crippen molar-refractivity contribution in [1.29, 1.82) is 10.5 Å². The van der Waals surface area contributed by atoms with Gasteiger partial charge in [0, 0.05) is 6.54 Å². The lowest BCUT2D eigenvalue weighted by Gasteiger charge is -1.97. The molecule has 0 atom stereocenters. The van der Waals surface area contributed by atoms with Crippen LogP contribution in [0.4, 0.5) is 0 Å². The van der Waals surface area contributed by atoms with Gasteiger partial charge in [-0.15, -0.1) is 11.3 Å². The highest BCUT2D eigenvalue weighted by Crippen LogP contribution is 2.27. The molecule has 0 unspecified atom stereocenters. The molecule has 0 spiro atoms. The summed E-state index contributed by atoms with van der Waals surface area (Å²) in [6, 6.07) is 3.45. The van der Waals surface area contributed by atoms with Crippen LogP contribution in [0.25, 0.3) is 6.08 Å². The number of aromatic hydroxyl groups is 1. The number of nitriles is 2. The van der Waals surface area contributed by atoms with E-state index in [1.165, 1.54) is 22.0 Å². The molecule has 0 saturated carbocycles. The second-order valence-corrected chi connectivity index (χ2v) is 4.26. The van der Waals surface area contributed by atoms with Crippen molar-refractivity contribution >= 4 is 29.6 Å². The monoisotopic (exact) mass is 237 g/mol. The first-order valence-electron chi connectivity index (χ1n) is 4.08. The maximum Gasteiger partial charge on any atom is 0.210 e. The van der Waals surface area contributed by atoms with Crippen LogP contribution < -0.4 is 0 Å². The molecule has 0 aliphatic rings. The fourth-order valence-electron chi connectivity index (χ4n) is 1.01. The number of hydrogen-bond donors (Lipinski definition) is 1. The second-order valence-electron chi connectivity index (χ2n) is 2.58. The third-order valence-corrected chi connectivity index (χ3v) is 3.11. The van der Waals surface area contributed by atoms with E-state index >= 15 is 0 Å². The van der Waals surface area contributed by atoms with E-state index in [1.54, 1.807) is 12.1 Å². The van der Waals surface area contributed by atoms with Gasteiger partial charge in [-0.1, -0.05) is 0 Å². The number of nitrogens with zero attached hydrogens (tertiary/aromatic N) is 3. The van der Waals surface area contributed by atoms with Crippen molar-refractivity contribution in [3.8, 4) is 18.0 Å². The van der Waals surface area contributed by atoms with Gasteiger partial charge in [-0.3, -0.25) is 4.57 Å². The molecule has 76 valence electrons. The number of allylic oxidation sites excluding steroid dienone is 1. The van der Waals surface area contributed by atoms with Crippen LogP contribution in [-0.2, 0) is 6.54 Å². The van der Waals surface area contributed by atoms with E-state index in [1.807, 2.05) is 6.92 Å². The molecule has 0 radical (unpaired) electrons. The Hall–Kier alpha value is -1.63. The number of rotatable bonds is 2. The SMILES string of the molecule is CCn1c(O)c(C=C(C#N)C#N)sc1=S. The average molecular weight is 237 g/mol. The van der Waals surface area contributed by atoms with Gasteiger partial charge in [0.15, 0.2) is 3.95 Å². The largest absolute Gasteiger partial charge is 0.493 e. The summed E-state index contributed by atoms with van der Waals surface area (Å²) < 4.78 is 2.06. The van der Waals surface area contributed by atoms with Crippen LogP contribution in [0.15, 0.2) is 5.57 Å². The molecule has 1 N–H and O–H groups in total. The summed E-state index contributed by atoms with van der Waals surface area (Å²) >= 11 is 6.19. The third kappa shape index (κ3) is 2.24. The fraction of sp³-hybridized carbons (Fsp3) is 0.222. The first-order valence-corrected chi connectivity index (χ1v) is 5.31. The van der Waals surface area contributed by atoms with Crippen molar-refractivity contribution in [2.75, 3.05) is 0 Å². The first kappa shape index (κ1) is 11.4. The molecular formula is C9H7N3OS2. The Morgan fingerprint density at radius 1 is 1.60 bits per heavy atom. The zero-order chi connectivity index (χ0) is 11.4. The predicted octanol–water partition coefficient (Wildman–Crippen LogP) is 2.44. The van der Waals surface area contributed by atoms with E-state index in [-0.39, 0.29) is 11.5 Å². The fourth-order valence-corrected chi connectivity index (χ4v) is 2.38. The lowest BCUT2D eigenvalue weighted by atomic mass is 10.3. The Labute approximate surface area is 95.9 Å². The summed E-state index contributed by atoms with van der Waals surface area (Å²) in [7, 11) is 0. The van der Waals surface area contributed by atoms with E-state index in [0.29, 0.717) is 15.4 Å². The predicted molar refractivity (Wildman–Crippen MR) is 59.7 cm³/mol. The molecular weight excluding hydrogens is 230 g/mol. The highest BCUT2D eigenvalue weighted by molar-refractivity contribution is 7.73. The normalized spacial score (nSPS) is 9.00. The number of hydrogen-bond acceptors (Lipinski definition) is 5. The topological polar surface area (TPSA) is 72.7 Å². The molecule has 0 fully saturated rings. The van der Waals surface area contributed by atoms with Gasteiger partial charge in [-0.05, 0) is 25.2 Å². The Bertz CT molecular complexity index is 523. The van der Waals surface area contributed by atoms with Crippen molar-refractivity contribution in [3.05, 3.63) is 14.4 Å². The first-order chi connectivity index (χ1) is 7.13. The maximum absolute atomic E-state index is 9.69. The molecule has 1 aromatic rings. The molecule has 0 aliphatic heterocycles. The molecule has 0 aromatic carbocycles. The molecule has 0 saturated heterocycles. The van der Waals surface area contributed by atoms with Crippen LogP contribution in [0.2, 0.25) is 0 Å². The van der Waals surface area contributed by atoms with E-state index in [4.69, 9.17) is 22.7 Å². The van der Waals surface area contributed by atoms with Crippen molar-refractivity contribution in [2.24, 2.45) is 0 Å². The smallest absolute Gasteiger partial charge is 0.210 e. The molecule has 4 nitrogen and oxygen atoms in total. The summed E-state index contributed by atoms with van der Waals surface area (Å²) in [6.45, 7) is 2.41. The minimum Gasteiger partial charge on any atom is -0.493 e. The van der Waals surface area contributed by atoms with Gasteiger partial charge in [0.25, 0.3) is 0 Å². The van der Waals surface area contributed by atoms with Crippen LogP contribution >= 0.6 is 23.6 Å². The third-order valence-electron chi connectivity index (χ3n) is 1.73. The van der Waals surface area contributed by atoms with Gasteiger partial charge in [0.2, 0.25) is 5.88 Å². The van der Waals surface area contributed by atoms with Crippen molar-refractivity contribution in [1.82, 2.24) is 4.57 Å². The van der Waals surface area contributed by atoms with Crippen LogP contribution in [0.1, 0.15) is 11.8 Å². The molecule has 1 aromatic heterocycles. The van der Waals surface area contributed by atoms with E-state index in [0.717, 1.165) is 0 Å². The van der Waals surface area contributed by atoms with E-state index < -0.39 is 0 Å². The number of aromatic nitrogens is 1. The molecule has 1 heterocycles. The Morgan fingerprint density at radius 2 is 2.20 bits per heavy atom. The van der Waals surface area contributed by atoms with Gasteiger partial charge < -0.3 is 5.11 Å².